The Labute approximate surface area is 243 Å². The van der Waals surface area contributed by atoms with Crippen molar-refractivity contribution in [3.63, 3.8) is 0 Å². The van der Waals surface area contributed by atoms with Crippen LogP contribution in [0, 0.1) is 6.92 Å². The summed E-state index contributed by atoms with van der Waals surface area (Å²) in [7, 11) is 0. The summed E-state index contributed by atoms with van der Waals surface area (Å²) in [5, 5.41) is 8.03. The van der Waals surface area contributed by atoms with Gasteiger partial charge in [-0.15, -0.1) is 22.7 Å². The van der Waals surface area contributed by atoms with Gasteiger partial charge in [-0.1, -0.05) is 0 Å². The third-order valence-corrected chi connectivity index (χ3v) is 8.80. The van der Waals surface area contributed by atoms with Crippen LogP contribution in [0.1, 0.15) is 55.6 Å². The van der Waals surface area contributed by atoms with Gasteiger partial charge in [0, 0.05) is 9.85 Å². The second kappa shape index (κ2) is 11.3. The molecule has 1 N–H and O–H groups in total. The monoisotopic (exact) mass is 708 g/mol. The van der Waals surface area contributed by atoms with E-state index in [2.05, 4.69) is 47.3 Å². The van der Waals surface area contributed by atoms with Crippen LogP contribution in [-0.4, -0.2) is 45.7 Å². The van der Waals surface area contributed by atoms with E-state index in [1.807, 2.05) is 0 Å². The number of fused-ring (bicyclic) bond motifs is 1. The lowest BCUT2D eigenvalue weighted by molar-refractivity contribution is -0.142. The van der Waals surface area contributed by atoms with Gasteiger partial charge in [-0.25, -0.2) is 19.1 Å². The maximum Gasteiger partial charge on any atom is 0.433 e. The SMILES string of the molecule is CCOC(=O)c1sc(NC(=O)c2nn3c(C(F)(F)F)cc(-c4cc(Br)cs4)nc3c2Br)c(C(=O)OCC)c1C. The normalized spacial score (nSPS) is 11.6. The number of alkyl halides is 3. The molecule has 0 unspecified atom stereocenters. The van der Waals surface area contributed by atoms with Crippen molar-refractivity contribution in [3.8, 4) is 10.6 Å². The number of aromatic nitrogens is 3. The van der Waals surface area contributed by atoms with E-state index < -0.39 is 35.4 Å². The summed E-state index contributed by atoms with van der Waals surface area (Å²) in [4.78, 5) is 43.2. The van der Waals surface area contributed by atoms with Crippen LogP contribution in [0.2, 0.25) is 0 Å². The molecular formula is C23H17Br2F3N4O5S2. The minimum absolute atomic E-state index is 0.0310. The standard InChI is InChI=1S/C23H17Br2F3N4O5S2/c1-4-36-21(34)14-9(3)17(22(35)37-5-2)39-20(14)30-19(33)16-15(25)18-29-11(12-6-10(24)8-38-12)7-13(23(26,27)28)32(18)31-16/h6-8H,4-5H2,1-3H3,(H,30,33). The molecule has 0 saturated heterocycles. The third-order valence-electron chi connectivity index (χ3n) is 5.17. The van der Waals surface area contributed by atoms with Gasteiger partial charge in [0.05, 0.1) is 33.8 Å². The third kappa shape index (κ3) is 5.73. The molecule has 0 aromatic carbocycles. The molecule has 16 heteroatoms. The van der Waals surface area contributed by atoms with E-state index in [1.165, 1.54) is 18.3 Å². The first-order chi connectivity index (χ1) is 18.4. The number of amides is 1. The topological polar surface area (TPSA) is 112 Å². The van der Waals surface area contributed by atoms with Gasteiger partial charge in [-0.3, -0.25) is 4.79 Å². The highest BCUT2D eigenvalue weighted by Crippen LogP contribution is 2.38. The Bertz CT molecular complexity index is 1610. The van der Waals surface area contributed by atoms with Crippen molar-refractivity contribution >= 4 is 83.0 Å². The largest absolute Gasteiger partial charge is 0.462 e. The zero-order chi connectivity index (χ0) is 28.6. The Hall–Kier alpha value is -2.82. The van der Waals surface area contributed by atoms with Crippen LogP contribution in [-0.2, 0) is 15.7 Å². The van der Waals surface area contributed by atoms with Gasteiger partial charge >= 0.3 is 18.1 Å². The quantitative estimate of drug-likeness (QED) is 0.206. The average Bonchev–Trinajstić information content (AvgIpc) is 3.53. The van der Waals surface area contributed by atoms with Gasteiger partial charge in [-0.05, 0) is 70.3 Å². The predicted molar refractivity (Wildman–Crippen MR) is 146 cm³/mol. The highest BCUT2D eigenvalue weighted by Gasteiger charge is 2.37. The summed E-state index contributed by atoms with van der Waals surface area (Å²) in [6, 6.07) is 2.47. The minimum atomic E-state index is -4.82. The Balaban J connectivity index is 1.81. The number of thiophene rings is 2. The lowest BCUT2D eigenvalue weighted by Crippen LogP contribution is -2.17. The maximum absolute atomic E-state index is 14.0. The molecule has 0 spiro atoms. The van der Waals surface area contributed by atoms with Crippen LogP contribution >= 0.6 is 54.5 Å². The Morgan fingerprint density at radius 1 is 1.10 bits per heavy atom. The van der Waals surface area contributed by atoms with Crippen LogP contribution in [0.15, 0.2) is 26.5 Å². The van der Waals surface area contributed by atoms with E-state index in [9.17, 15) is 27.6 Å². The van der Waals surface area contributed by atoms with Crippen molar-refractivity contribution in [2.24, 2.45) is 0 Å². The van der Waals surface area contributed by atoms with E-state index in [1.54, 1.807) is 25.3 Å². The summed E-state index contributed by atoms with van der Waals surface area (Å²) in [5.41, 5.74) is -1.61. The summed E-state index contributed by atoms with van der Waals surface area (Å²) in [6.45, 7) is 4.81. The molecule has 0 aliphatic carbocycles. The Morgan fingerprint density at radius 3 is 2.36 bits per heavy atom. The number of carbonyl (C=O) groups excluding carboxylic acids is 3. The Kier molecular flexibility index (Phi) is 8.49. The van der Waals surface area contributed by atoms with Crippen molar-refractivity contribution in [1.82, 2.24) is 14.6 Å². The van der Waals surface area contributed by atoms with Crippen LogP contribution < -0.4 is 5.32 Å². The van der Waals surface area contributed by atoms with Gasteiger partial charge in [-0.2, -0.15) is 18.3 Å². The first-order valence-corrected chi connectivity index (χ1v) is 14.3. The molecule has 0 atom stereocenters. The summed E-state index contributed by atoms with van der Waals surface area (Å²) in [5.74, 6) is -2.44. The Morgan fingerprint density at radius 2 is 1.77 bits per heavy atom. The average molecular weight is 710 g/mol. The predicted octanol–water partition coefficient (Wildman–Crippen LogP) is 6.98. The van der Waals surface area contributed by atoms with Crippen LogP contribution in [0.5, 0.6) is 0 Å². The molecule has 1 amide bonds. The number of hydrogen-bond acceptors (Lipinski definition) is 9. The van der Waals surface area contributed by atoms with Crippen molar-refractivity contribution < 1.29 is 37.0 Å². The molecular weight excluding hydrogens is 693 g/mol. The summed E-state index contributed by atoms with van der Waals surface area (Å²) >= 11 is 8.41. The first-order valence-electron chi connectivity index (χ1n) is 11.1. The van der Waals surface area contributed by atoms with Crippen molar-refractivity contribution in [2.45, 2.75) is 26.9 Å². The number of hydrogen-bond donors (Lipinski definition) is 1. The second-order valence-corrected chi connectivity index (χ2v) is 11.3. The summed E-state index contributed by atoms with van der Waals surface area (Å²) < 4.78 is 53.2. The number of halogens is 5. The smallest absolute Gasteiger partial charge is 0.433 e. The fourth-order valence-corrected chi connectivity index (χ4v) is 6.50. The van der Waals surface area contributed by atoms with Crippen LogP contribution in [0.25, 0.3) is 16.2 Å². The zero-order valence-electron chi connectivity index (χ0n) is 20.2. The molecule has 0 aliphatic heterocycles. The molecule has 4 aromatic heterocycles. The number of esters is 2. The van der Waals surface area contributed by atoms with Crippen LogP contribution in [0.4, 0.5) is 18.2 Å². The fourth-order valence-electron chi connectivity index (χ4n) is 3.52. The molecule has 0 radical (unpaired) electrons. The molecule has 206 valence electrons. The van der Waals surface area contributed by atoms with Gasteiger partial charge in [0.1, 0.15) is 9.88 Å². The number of nitrogens with one attached hydrogen (secondary N) is 1. The number of rotatable bonds is 7. The highest BCUT2D eigenvalue weighted by atomic mass is 79.9. The number of nitrogens with zero attached hydrogens (tertiary/aromatic N) is 3. The van der Waals surface area contributed by atoms with Gasteiger partial charge < -0.3 is 14.8 Å². The lowest BCUT2D eigenvalue weighted by atomic mass is 10.1. The number of anilines is 1. The number of carbonyl (C=O) groups is 3. The fraction of sp³-hybridized carbons (Fsp3) is 0.261. The molecule has 0 saturated carbocycles. The molecule has 0 aliphatic rings. The van der Waals surface area contributed by atoms with Crippen molar-refractivity contribution in [3.05, 3.63) is 53.9 Å². The second-order valence-electron chi connectivity index (χ2n) is 7.71. The molecule has 4 rings (SSSR count). The van der Waals surface area contributed by atoms with E-state index in [0.717, 1.165) is 17.4 Å². The maximum atomic E-state index is 14.0. The minimum Gasteiger partial charge on any atom is -0.462 e. The lowest BCUT2D eigenvalue weighted by Gasteiger charge is -2.10. The first kappa shape index (κ1) is 29.2. The van der Waals surface area contributed by atoms with Crippen LogP contribution in [0.3, 0.4) is 0 Å². The molecule has 9 nitrogen and oxygen atoms in total. The van der Waals surface area contributed by atoms with Crippen molar-refractivity contribution in [2.75, 3.05) is 18.5 Å². The number of ether oxygens (including phenoxy) is 2. The van der Waals surface area contributed by atoms with Gasteiger partial charge in [0.2, 0.25) is 0 Å². The molecule has 4 aromatic rings. The molecule has 0 fully saturated rings. The van der Waals surface area contributed by atoms with Gasteiger partial charge in [0.15, 0.2) is 17.0 Å². The van der Waals surface area contributed by atoms with Crippen molar-refractivity contribution in [1.29, 1.82) is 0 Å². The van der Waals surface area contributed by atoms with E-state index in [4.69, 9.17) is 9.47 Å². The molecule has 4 heterocycles. The van der Waals surface area contributed by atoms with E-state index >= 15 is 0 Å². The van der Waals surface area contributed by atoms with E-state index in [-0.39, 0.29) is 50.0 Å². The van der Waals surface area contributed by atoms with Gasteiger partial charge in [0.25, 0.3) is 5.91 Å². The zero-order valence-corrected chi connectivity index (χ0v) is 25.0. The van der Waals surface area contributed by atoms with E-state index in [0.29, 0.717) is 13.9 Å². The molecule has 0 bridgehead atoms. The molecule has 39 heavy (non-hydrogen) atoms. The highest BCUT2D eigenvalue weighted by molar-refractivity contribution is 9.11. The summed E-state index contributed by atoms with van der Waals surface area (Å²) in [6.07, 6.45) is -4.82.